The van der Waals surface area contributed by atoms with Crippen LogP contribution in [-0.4, -0.2) is 12.0 Å². The number of pyridine rings is 1. The van der Waals surface area contributed by atoms with Gasteiger partial charge in [0.1, 0.15) is 0 Å². The Hall–Kier alpha value is -1.71. The van der Waals surface area contributed by atoms with Crippen LogP contribution >= 0.6 is 11.3 Å². The van der Waals surface area contributed by atoms with Gasteiger partial charge in [-0.1, -0.05) is 25.1 Å². The molecule has 0 fully saturated rings. The highest BCUT2D eigenvalue weighted by molar-refractivity contribution is 7.19. The summed E-state index contributed by atoms with van der Waals surface area (Å²) >= 11 is 1.87. The summed E-state index contributed by atoms with van der Waals surface area (Å²) in [5, 5.41) is 4.80. The van der Waals surface area contributed by atoms with Gasteiger partial charge in [0.05, 0.1) is 0 Å². The standard InChI is InChI=1S/C17H18N2S/c1-12(13-7-9-19-10-8-13)17(18-2)16-11-14-5-3-4-6-15(14)20-16/h3-12,17-18H,1-2H3. The lowest BCUT2D eigenvalue weighted by Gasteiger charge is -2.22. The van der Waals surface area contributed by atoms with Crippen molar-refractivity contribution in [1.29, 1.82) is 0 Å². The van der Waals surface area contributed by atoms with Crippen molar-refractivity contribution in [3.05, 3.63) is 65.3 Å². The molecule has 0 aliphatic carbocycles. The normalized spacial score (nSPS) is 14.3. The number of nitrogens with zero attached hydrogens (tertiary/aromatic N) is 1. The molecule has 20 heavy (non-hydrogen) atoms. The van der Waals surface area contributed by atoms with E-state index in [1.165, 1.54) is 20.5 Å². The summed E-state index contributed by atoms with van der Waals surface area (Å²) in [4.78, 5) is 5.49. The highest BCUT2D eigenvalue weighted by Gasteiger charge is 2.21. The first-order valence-electron chi connectivity index (χ1n) is 6.85. The fourth-order valence-electron chi connectivity index (χ4n) is 2.65. The van der Waals surface area contributed by atoms with E-state index in [9.17, 15) is 0 Å². The van der Waals surface area contributed by atoms with E-state index < -0.39 is 0 Å². The fraction of sp³-hybridized carbons (Fsp3) is 0.235. The van der Waals surface area contributed by atoms with Gasteiger partial charge in [-0.2, -0.15) is 0 Å². The SMILES string of the molecule is CNC(c1cc2ccccc2s1)C(C)c1ccncc1. The van der Waals surface area contributed by atoms with Gasteiger partial charge < -0.3 is 5.32 Å². The molecule has 0 radical (unpaired) electrons. The maximum atomic E-state index is 4.10. The van der Waals surface area contributed by atoms with Crippen molar-refractivity contribution in [1.82, 2.24) is 10.3 Å². The number of likely N-dealkylation sites (N-methyl/N-ethyl adjacent to an activating group) is 1. The summed E-state index contributed by atoms with van der Waals surface area (Å²) in [5.74, 6) is 0.413. The molecule has 0 bridgehead atoms. The van der Waals surface area contributed by atoms with Gasteiger partial charge in [-0.15, -0.1) is 11.3 Å². The van der Waals surface area contributed by atoms with Gasteiger partial charge in [0.25, 0.3) is 0 Å². The first kappa shape index (κ1) is 13.3. The Morgan fingerprint density at radius 1 is 1.10 bits per heavy atom. The Labute approximate surface area is 123 Å². The van der Waals surface area contributed by atoms with E-state index in [0.717, 1.165) is 0 Å². The molecule has 102 valence electrons. The Balaban J connectivity index is 1.97. The van der Waals surface area contributed by atoms with Crippen molar-refractivity contribution in [3.63, 3.8) is 0 Å². The highest BCUT2D eigenvalue weighted by Crippen LogP contribution is 2.36. The topological polar surface area (TPSA) is 24.9 Å². The van der Waals surface area contributed by atoms with Crippen LogP contribution in [0.3, 0.4) is 0 Å². The molecule has 2 heterocycles. The van der Waals surface area contributed by atoms with E-state index >= 15 is 0 Å². The molecule has 3 aromatic rings. The molecule has 0 aliphatic heterocycles. The van der Waals surface area contributed by atoms with Crippen molar-refractivity contribution in [2.75, 3.05) is 7.05 Å². The second kappa shape index (κ2) is 5.73. The smallest absolute Gasteiger partial charge is 0.0479 e. The van der Waals surface area contributed by atoms with Gasteiger partial charge in [-0.25, -0.2) is 0 Å². The van der Waals surface area contributed by atoms with E-state index in [0.29, 0.717) is 12.0 Å². The van der Waals surface area contributed by atoms with Gasteiger partial charge in [-0.3, -0.25) is 4.98 Å². The van der Waals surface area contributed by atoms with Gasteiger partial charge in [0.15, 0.2) is 0 Å². The van der Waals surface area contributed by atoms with Crippen molar-refractivity contribution in [3.8, 4) is 0 Å². The number of thiophene rings is 1. The highest BCUT2D eigenvalue weighted by atomic mass is 32.1. The Kier molecular flexibility index (Phi) is 3.81. The zero-order valence-corrected chi connectivity index (χ0v) is 12.5. The van der Waals surface area contributed by atoms with Crippen LogP contribution in [0.4, 0.5) is 0 Å². The average Bonchev–Trinajstić information content (AvgIpc) is 2.92. The molecule has 1 N–H and O–H groups in total. The molecule has 0 spiro atoms. The first-order valence-corrected chi connectivity index (χ1v) is 7.67. The van der Waals surface area contributed by atoms with Gasteiger partial charge in [0, 0.05) is 33.9 Å². The lowest BCUT2D eigenvalue weighted by atomic mass is 9.93. The fourth-order valence-corrected chi connectivity index (χ4v) is 3.93. The van der Waals surface area contributed by atoms with Crippen LogP contribution in [0.1, 0.15) is 29.3 Å². The molecule has 2 nitrogen and oxygen atoms in total. The van der Waals surface area contributed by atoms with Crippen LogP contribution in [0.5, 0.6) is 0 Å². The van der Waals surface area contributed by atoms with E-state index in [1.807, 2.05) is 30.8 Å². The molecule has 3 heteroatoms. The molecule has 0 saturated heterocycles. The van der Waals surface area contributed by atoms with E-state index in [2.05, 4.69) is 59.7 Å². The number of hydrogen-bond donors (Lipinski definition) is 1. The molecule has 0 amide bonds. The quantitative estimate of drug-likeness (QED) is 0.769. The van der Waals surface area contributed by atoms with Crippen molar-refractivity contribution < 1.29 is 0 Å². The van der Waals surface area contributed by atoms with Crippen LogP contribution in [-0.2, 0) is 0 Å². The number of rotatable bonds is 4. The molecule has 2 unspecified atom stereocenters. The zero-order chi connectivity index (χ0) is 13.9. The second-order valence-corrected chi connectivity index (χ2v) is 6.14. The maximum Gasteiger partial charge on any atom is 0.0479 e. The molecular formula is C17H18N2S. The third-order valence-corrected chi connectivity index (χ3v) is 4.99. The van der Waals surface area contributed by atoms with Crippen molar-refractivity contribution >= 4 is 21.4 Å². The molecule has 1 aromatic carbocycles. The summed E-state index contributed by atoms with van der Waals surface area (Å²) in [6.45, 7) is 2.26. The predicted molar refractivity (Wildman–Crippen MR) is 86.3 cm³/mol. The summed E-state index contributed by atoms with van der Waals surface area (Å²) < 4.78 is 1.35. The van der Waals surface area contributed by atoms with Crippen molar-refractivity contribution in [2.24, 2.45) is 0 Å². The number of hydrogen-bond acceptors (Lipinski definition) is 3. The molecule has 0 aliphatic rings. The molecule has 2 atom stereocenters. The van der Waals surface area contributed by atoms with Gasteiger partial charge in [-0.05, 0) is 42.3 Å². The van der Waals surface area contributed by atoms with E-state index in [1.54, 1.807) is 0 Å². The number of benzene rings is 1. The molecule has 2 aromatic heterocycles. The molecule has 0 saturated carbocycles. The first-order chi connectivity index (χ1) is 9.79. The Morgan fingerprint density at radius 3 is 2.55 bits per heavy atom. The monoisotopic (exact) mass is 282 g/mol. The Bertz CT molecular complexity index is 657. The Morgan fingerprint density at radius 2 is 1.85 bits per heavy atom. The lowest BCUT2D eigenvalue weighted by Crippen LogP contribution is -2.21. The zero-order valence-electron chi connectivity index (χ0n) is 11.7. The minimum atomic E-state index is 0.329. The minimum absolute atomic E-state index is 0.329. The van der Waals surface area contributed by atoms with Gasteiger partial charge >= 0.3 is 0 Å². The molecule has 3 rings (SSSR count). The van der Waals surface area contributed by atoms with E-state index in [-0.39, 0.29) is 0 Å². The maximum absolute atomic E-state index is 4.10. The third-order valence-electron chi connectivity index (χ3n) is 3.79. The lowest BCUT2D eigenvalue weighted by molar-refractivity contribution is 0.515. The predicted octanol–water partition coefficient (Wildman–Crippen LogP) is 4.36. The summed E-state index contributed by atoms with van der Waals surface area (Å²) in [7, 11) is 2.03. The van der Waals surface area contributed by atoms with Crippen LogP contribution in [0.15, 0.2) is 54.9 Å². The average molecular weight is 282 g/mol. The summed E-state index contributed by atoms with van der Waals surface area (Å²) in [6.07, 6.45) is 3.73. The van der Waals surface area contributed by atoms with Crippen LogP contribution in [0.2, 0.25) is 0 Å². The number of fused-ring (bicyclic) bond motifs is 1. The van der Waals surface area contributed by atoms with Gasteiger partial charge in [0.2, 0.25) is 0 Å². The van der Waals surface area contributed by atoms with E-state index in [4.69, 9.17) is 0 Å². The van der Waals surface area contributed by atoms with Crippen LogP contribution in [0, 0.1) is 0 Å². The minimum Gasteiger partial charge on any atom is -0.312 e. The largest absolute Gasteiger partial charge is 0.312 e. The third kappa shape index (κ3) is 2.47. The second-order valence-electron chi connectivity index (χ2n) is 5.02. The van der Waals surface area contributed by atoms with Crippen molar-refractivity contribution in [2.45, 2.75) is 18.9 Å². The summed E-state index contributed by atoms with van der Waals surface area (Å²) in [6, 6.07) is 15.4. The molecular weight excluding hydrogens is 264 g/mol. The number of nitrogens with one attached hydrogen (secondary N) is 1. The van der Waals surface area contributed by atoms with Crippen LogP contribution in [0.25, 0.3) is 10.1 Å². The summed E-state index contributed by atoms with van der Waals surface area (Å²) in [5.41, 5.74) is 1.32. The van der Waals surface area contributed by atoms with Crippen LogP contribution < -0.4 is 5.32 Å². The number of aromatic nitrogens is 1.